The third-order valence-corrected chi connectivity index (χ3v) is 4.32. The molecule has 0 aromatic heterocycles. The monoisotopic (exact) mass is 310 g/mol. The third kappa shape index (κ3) is 3.28. The standard InChI is InChI=1S/C16H20F2N2O2/c17-13-4-1-5-14(18)15(13)16(21)20-8-6-19(7-9-20)11-12-3-2-10-22-12/h1,4-5,12H,2-3,6-11H2. The van der Waals surface area contributed by atoms with Gasteiger partial charge in [0.2, 0.25) is 0 Å². The molecule has 2 saturated heterocycles. The Morgan fingerprint density at radius 1 is 1.18 bits per heavy atom. The Labute approximate surface area is 128 Å². The summed E-state index contributed by atoms with van der Waals surface area (Å²) in [4.78, 5) is 16.1. The normalized spacial score (nSPS) is 23.0. The van der Waals surface area contributed by atoms with Crippen molar-refractivity contribution < 1.29 is 18.3 Å². The number of ether oxygens (including phenoxy) is 1. The van der Waals surface area contributed by atoms with Crippen molar-refractivity contribution in [2.45, 2.75) is 18.9 Å². The van der Waals surface area contributed by atoms with Crippen LogP contribution in [0.3, 0.4) is 0 Å². The van der Waals surface area contributed by atoms with E-state index in [4.69, 9.17) is 4.74 Å². The van der Waals surface area contributed by atoms with Crippen LogP contribution in [0.25, 0.3) is 0 Å². The molecule has 0 bridgehead atoms. The molecule has 2 fully saturated rings. The molecule has 22 heavy (non-hydrogen) atoms. The molecule has 4 nitrogen and oxygen atoms in total. The van der Waals surface area contributed by atoms with Crippen molar-refractivity contribution in [2.24, 2.45) is 0 Å². The van der Waals surface area contributed by atoms with Gasteiger partial charge in [-0.05, 0) is 25.0 Å². The van der Waals surface area contributed by atoms with Crippen molar-refractivity contribution in [3.8, 4) is 0 Å². The number of piperazine rings is 1. The van der Waals surface area contributed by atoms with E-state index in [0.29, 0.717) is 26.2 Å². The smallest absolute Gasteiger partial charge is 0.259 e. The van der Waals surface area contributed by atoms with E-state index in [1.807, 2.05) is 0 Å². The maximum absolute atomic E-state index is 13.7. The van der Waals surface area contributed by atoms with Crippen molar-refractivity contribution in [3.05, 3.63) is 35.4 Å². The minimum absolute atomic E-state index is 0.284. The largest absolute Gasteiger partial charge is 0.377 e. The Kier molecular flexibility index (Phi) is 4.69. The first-order valence-electron chi connectivity index (χ1n) is 7.72. The first-order chi connectivity index (χ1) is 10.6. The molecule has 1 aromatic carbocycles. The summed E-state index contributed by atoms with van der Waals surface area (Å²) in [6, 6.07) is 3.50. The maximum atomic E-state index is 13.7. The van der Waals surface area contributed by atoms with Crippen molar-refractivity contribution in [1.29, 1.82) is 0 Å². The average molecular weight is 310 g/mol. The van der Waals surface area contributed by atoms with Gasteiger partial charge in [-0.2, -0.15) is 0 Å². The number of hydrogen-bond donors (Lipinski definition) is 0. The van der Waals surface area contributed by atoms with E-state index in [-0.39, 0.29) is 6.10 Å². The molecular weight excluding hydrogens is 290 g/mol. The molecule has 2 aliphatic heterocycles. The van der Waals surface area contributed by atoms with Crippen LogP contribution in [-0.2, 0) is 4.74 Å². The van der Waals surface area contributed by atoms with Crippen molar-refractivity contribution in [1.82, 2.24) is 9.80 Å². The number of halogens is 2. The molecule has 0 radical (unpaired) electrons. The first kappa shape index (κ1) is 15.4. The van der Waals surface area contributed by atoms with Gasteiger partial charge in [-0.15, -0.1) is 0 Å². The van der Waals surface area contributed by atoms with Crippen LogP contribution in [0.15, 0.2) is 18.2 Å². The fourth-order valence-electron chi connectivity index (χ4n) is 3.07. The minimum Gasteiger partial charge on any atom is -0.377 e. The maximum Gasteiger partial charge on any atom is 0.259 e. The van der Waals surface area contributed by atoms with Crippen LogP contribution in [0.5, 0.6) is 0 Å². The summed E-state index contributed by atoms with van der Waals surface area (Å²) < 4.78 is 33.0. The molecule has 2 heterocycles. The van der Waals surface area contributed by atoms with E-state index < -0.39 is 23.1 Å². The van der Waals surface area contributed by atoms with Gasteiger partial charge >= 0.3 is 0 Å². The van der Waals surface area contributed by atoms with Crippen LogP contribution in [0.4, 0.5) is 8.78 Å². The van der Waals surface area contributed by atoms with Gasteiger partial charge in [-0.1, -0.05) is 6.07 Å². The third-order valence-electron chi connectivity index (χ3n) is 4.32. The Morgan fingerprint density at radius 3 is 2.45 bits per heavy atom. The number of carbonyl (C=O) groups is 1. The topological polar surface area (TPSA) is 32.8 Å². The van der Waals surface area contributed by atoms with Crippen LogP contribution < -0.4 is 0 Å². The second kappa shape index (κ2) is 6.71. The number of amides is 1. The number of carbonyl (C=O) groups excluding carboxylic acids is 1. The van der Waals surface area contributed by atoms with Gasteiger partial charge in [-0.25, -0.2) is 8.78 Å². The van der Waals surface area contributed by atoms with E-state index in [1.54, 1.807) is 0 Å². The van der Waals surface area contributed by atoms with Gasteiger partial charge in [0.15, 0.2) is 0 Å². The summed E-state index contributed by atoms with van der Waals surface area (Å²) >= 11 is 0. The Hall–Kier alpha value is -1.53. The molecule has 1 aromatic rings. The number of rotatable bonds is 3. The van der Waals surface area contributed by atoms with E-state index in [0.717, 1.165) is 38.1 Å². The molecule has 1 amide bonds. The lowest BCUT2D eigenvalue weighted by Crippen LogP contribution is -2.50. The fraction of sp³-hybridized carbons (Fsp3) is 0.562. The van der Waals surface area contributed by atoms with Crippen LogP contribution in [0.1, 0.15) is 23.2 Å². The first-order valence-corrected chi connectivity index (χ1v) is 7.72. The highest BCUT2D eigenvalue weighted by molar-refractivity contribution is 5.94. The van der Waals surface area contributed by atoms with Crippen LogP contribution >= 0.6 is 0 Å². The van der Waals surface area contributed by atoms with Crippen LogP contribution in [-0.4, -0.2) is 61.1 Å². The lowest BCUT2D eigenvalue weighted by atomic mass is 10.1. The summed E-state index contributed by atoms with van der Waals surface area (Å²) in [6.07, 6.45) is 2.47. The van der Waals surface area contributed by atoms with E-state index >= 15 is 0 Å². The molecule has 1 unspecified atom stereocenters. The molecule has 0 aliphatic carbocycles. The zero-order valence-corrected chi connectivity index (χ0v) is 12.4. The minimum atomic E-state index is -0.799. The molecule has 0 saturated carbocycles. The number of hydrogen-bond acceptors (Lipinski definition) is 3. The highest BCUT2D eigenvalue weighted by Gasteiger charge is 2.28. The molecule has 6 heteroatoms. The van der Waals surface area contributed by atoms with E-state index in [1.165, 1.54) is 11.0 Å². The molecule has 2 aliphatic rings. The van der Waals surface area contributed by atoms with Crippen molar-refractivity contribution in [3.63, 3.8) is 0 Å². The molecular formula is C16H20F2N2O2. The van der Waals surface area contributed by atoms with E-state index in [9.17, 15) is 13.6 Å². The van der Waals surface area contributed by atoms with Gasteiger partial charge in [0.1, 0.15) is 17.2 Å². The van der Waals surface area contributed by atoms with Gasteiger partial charge < -0.3 is 9.64 Å². The second-order valence-electron chi connectivity index (χ2n) is 5.82. The lowest BCUT2D eigenvalue weighted by Gasteiger charge is -2.35. The van der Waals surface area contributed by atoms with Crippen molar-refractivity contribution in [2.75, 3.05) is 39.3 Å². The summed E-state index contributed by atoms with van der Waals surface area (Å²) in [5.74, 6) is -2.16. The fourth-order valence-corrected chi connectivity index (χ4v) is 3.07. The number of benzene rings is 1. The Morgan fingerprint density at radius 2 is 1.86 bits per heavy atom. The zero-order chi connectivity index (χ0) is 15.5. The molecule has 120 valence electrons. The quantitative estimate of drug-likeness (QED) is 0.855. The zero-order valence-electron chi connectivity index (χ0n) is 12.4. The molecule has 1 atom stereocenters. The van der Waals surface area contributed by atoms with Gasteiger partial charge in [0, 0.05) is 39.3 Å². The Balaban J connectivity index is 1.57. The summed E-state index contributed by atoms with van der Waals surface area (Å²) in [5.41, 5.74) is -0.449. The Bertz CT molecular complexity index is 519. The highest BCUT2D eigenvalue weighted by atomic mass is 19.1. The van der Waals surface area contributed by atoms with Crippen molar-refractivity contribution >= 4 is 5.91 Å². The lowest BCUT2D eigenvalue weighted by molar-refractivity contribution is 0.0428. The summed E-state index contributed by atoms with van der Waals surface area (Å²) in [6.45, 7) is 4.09. The average Bonchev–Trinajstić information content (AvgIpc) is 3.00. The van der Waals surface area contributed by atoms with Gasteiger partial charge in [-0.3, -0.25) is 9.69 Å². The number of nitrogens with zero attached hydrogens (tertiary/aromatic N) is 2. The second-order valence-corrected chi connectivity index (χ2v) is 5.82. The van der Waals surface area contributed by atoms with Gasteiger partial charge in [0.25, 0.3) is 5.91 Å². The van der Waals surface area contributed by atoms with Gasteiger partial charge in [0.05, 0.1) is 6.10 Å². The van der Waals surface area contributed by atoms with E-state index in [2.05, 4.69) is 4.90 Å². The molecule has 0 spiro atoms. The predicted molar refractivity (Wildman–Crippen MR) is 77.7 cm³/mol. The SMILES string of the molecule is O=C(c1c(F)cccc1F)N1CCN(CC2CCCO2)CC1. The van der Waals surface area contributed by atoms with Crippen LogP contribution in [0.2, 0.25) is 0 Å². The predicted octanol–water partition coefficient (Wildman–Crippen LogP) is 1.90. The molecule has 3 rings (SSSR count). The molecule has 0 N–H and O–H groups in total. The summed E-state index contributed by atoms with van der Waals surface area (Å²) in [7, 11) is 0. The highest BCUT2D eigenvalue weighted by Crippen LogP contribution is 2.18. The summed E-state index contributed by atoms with van der Waals surface area (Å²) in [5, 5.41) is 0. The van der Waals surface area contributed by atoms with Crippen LogP contribution in [0, 0.1) is 11.6 Å².